The fourth-order valence-corrected chi connectivity index (χ4v) is 3.04. The van der Waals surface area contributed by atoms with Gasteiger partial charge in [0.25, 0.3) is 0 Å². The number of halogens is 1. The Hall–Kier alpha value is -1.98. The molecule has 6 heteroatoms. The Morgan fingerprint density at radius 2 is 1.96 bits per heavy atom. The number of methoxy groups -OCH3 is 1. The molecule has 0 radical (unpaired) electrons. The predicted octanol–water partition coefficient (Wildman–Crippen LogP) is 4.17. The normalized spacial score (nSPS) is 10.2. The quantitative estimate of drug-likeness (QED) is 0.650. The van der Waals surface area contributed by atoms with Gasteiger partial charge in [-0.15, -0.1) is 11.8 Å². The third-order valence-electron chi connectivity index (χ3n) is 3.05. The lowest BCUT2D eigenvalue weighted by Crippen LogP contribution is -2.14. The Morgan fingerprint density at radius 3 is 2.65 bits per heavy atom. The highest BCUT2D eigenvalue weighted by Gasteiger charge is 2.13. The Bertz CT molecular complexity index is 734. The molecule has 0 aliphatic rings. The molecule has 2 rings (SSSR count). The van der Waals surface area contributed by atoms with Gasteiger partial charge in [0.2, 0.25) is 5.91 Å². The molecular formula is C17H16ClNO3S. The van der Waals surface area contributed by atoms with Crippen molar-refractivity contribution in [3.05, 3.63) is 58.6 Å². The number of esters is 1. The minimum atomic E-state index is -0.421. The van der Waals surface area contributed by atoms with Crippen molar-refractivity contribution in [3.63, 3.8) is 0 Å². The van der Waals surface area contributed by atoms with E-state index in [9.17, 15) is 9.59 Å². The first-order chi connectivity index (χ1) is 11.0. The number of rotatable bonds is 5. The van der Waals surface area contributed by atoms with Crippen LogP contribution in [-0.4, -0.2) is 24.7 Å². The highest BCUT2D eigenvalue weighted by Crippen LogP contribution is 2.25. The van der Waals surface area contributed by atoms with Crippen molar-refractivity contribution >= 4 is 40.9 Å². The van der Waals surface area contributed by atoms with Gasteiger partial charge in [-0.2, -0.15) is 0 Å². The molecule has 1 N–H and O–H groups in total. The van der Waals surface area contributed by atoms with Crippen LogP contribution in [0.2, 0.25) is 5.02 Å². The lowest BCUT2D eigenvalue weighted by molar-refractivity contribution is -0.113. The van der Waals surface area contributed by atoms with Crippen LogP contribution >= 0.6 is 23.4 Å². The summed E-state index contributed by atoms with van der Waals surface area (Å²) in [5, 5.41) is 3.26. The number of thioether (sulfide) groups is 1. The molecule has 0 bridgehead atoms. The number of ether oxygens (including phenoxy) is 1. The van der Waals surface area contributed by atoms with E-state index in [1.54, 1.807) is 30.3 Å². The van der Waals surface area contributed by atoms with E-state index in [4.69, 9.17) is 16.3 Å². The van der Waals surface area contributed by atoms with Gasteiger partial charge in [-0.3, -0.25) is 4.79 Å². The first kappa shape index (κ1) is 17.4. The molecule has 120 valence electrons. The van der Waals surface area contributed by atoms with Crippen molar-refractivity contribution in [2.45, 2.75) is 11.8 Å². The Kier molecular flexibility index (Phi) is 6.07. The number of anilines is 1. The van der Waals surface area contributed by atoms with Crippen LogP contribution in [0.15, 0.2) is 47.4 Å². The van der Waals surface area contributed by atoms with Crippen molar-refractivity contribution in [2.75, 3.05) is 18.2 Å². The molecule has 0 unspecified atom stereocenters. The summed E-state index contributed by atoms with van der Waals surface area (Å²) in [5.41, 5.74) is 2.04. The molecule has 0 fully saturated rings. The average Bonchev–Trinajstić information content (AvgIpc) is 2.55. The van der Waals surface area contributed by atoms with Crippen molar-refractivity contribution < 1.29 is 14.3 Å². The van der Waals surface area contributed by atoms with Crippen molar-refractivity contribution in [3.8, 4) is 0 Å². The van der Waals surface area contributed by atoms with Gasteiger partial charge in [0.15, 0.2) is 0 Å². The van der Waals surface area contributed by atoms with Crippen LogP contribution in [-0.2, 0) is 9.53 Å². The fourth-order valence-electron chi connectivity index (χ4n) is 1.92. The number of nitrogens with one attached hydrogen (secondary N) is 1. The van der Waals surface area contributed by atoms with Gasteiger partial charge in [-0.25, -0.2) is 4.79 Å². The molecule has 0 saturated heterocycles. The average molecular weight is 350 g/mol. The van der Waals surface area contributed by atoms with Crippen LogP contribution in [0, 0.1) is 6.92 Å². The predicted molar refractivity (Wildman–Crippen MR) is 93.3 cm³/mol. The fraction of sp³-hybridized carbons (Fsp3) is 0.176. The van der Waals surface area contributed by atoms with Crippen LogP contribution in [0.3, 0.4) is 0 Å². The summed E-state index contributed by atoms with van der Waals surface area (Å²) in [6.45, 7) is 1.93. The molecule has 0 aliphatic heterocycles. The summed E-state index contributed by atoms with van der Waals surface area (Å²) in [6, 6.07) is 12.4. The molecular weight excluding hydrogens is 334 g/mol. The molecule has 0 atom stereocenters. The molecule has 0 heterocycles. The van der Waals surface area contributed by atoms with Crippen molar-refractivity contribution in [2.24, 2.45) is 0 Å². The highest BCUT2D eigenvalue weighted by molar-refractivity contribution is 8.00. The van der Waals surface area contributed by atoms with Crippen LogP contribution in [0.25, 0.3) is 0 Å². The second-order valence-electron chi connectivity index (χ2n) is 4.81. The first-order valence-corrected chi connectivity index (χ1v) is 8.23. The van der Waals surface area contributed by atoms with E-state index in [1.165, 1.54) is 18.9 Å². The van der Waals surface area contributed by atoms with Gasteiger partial charge in [-0.1, -0.05) is 29.8 Å². The summed E-state index contributed by atoms with van der Waals surface area (Å²) in [6.07, 6.45) is 0. The number of aryl methyl sites for hydroxylation is 1. The molecule has 2 aromatic rings. The SMILES string of the molecule is COC(=O)c1ccccc1SCC(=O)Nc1ccc(C)cc1Cl. The van der Waals surface area contributed by atoms with Crippen LogP contribution in [0.4, 0.5) is 5.69 Å². The van der Waals surface area contributed by atoms with Gasteiger partial charge in [0.1, 0.15) is 0 Å². The standard InChI is InChI=1S/C17H16ClNO3S/c1-11-7-8-14(13(18)9-11)19-16(20)10-23-15-6-4-3-5-12(15)17(21)22-2/h3-9H,10H2,1-2H3,(H,19,20). The number of benzene rings is 2. The summed E-state index contributed by atoms with van der Waals surface area (Å²) in [7, 11) is 1.33. The van der Waals surface area contributed by atoms with E-state index >= 15 is 0 Å². The summed E-state index contributed by atoms with van der Waals surface area (Å²) in [4.78, 5) is 24.5. The molecule has 0 spiro atoms. The largest absolute Gasteiger partial charge is 0.465 e. The zero-order chi connectivity index (χ0) is 16.8. The maximum absolute atomic E-state index is 12.1. The number of carbonyl (C=O) groups is 2. The molecule has 1 amide bonds. The van der Waals surface area contributed by atoms with E-state index in [0.29, 0.717) is 21.2 Å². The molecule has 23 heavy (non-hydrogen) atoms. The number of hydrogen-bond acceptors (Lipinski definition) is 4. The van der Waals surface area contributed by atoms with E-state index in [-0.39, 0.29) is 11.7 Å². The molecule has 0 aromatic heterocycles. The van der Waals surface area contributed by atoms with Gasteiger partial charge in [0.05, 0.1) is 29.1 Å². The van der Waals surface area contributed by atoms with E-state index < -0.39 is 5.97 Å². The zero-order valence-electron chi connectivity index (χ0n) is 12.8. The third-order valence-corrected chi connectivity index (χ3v) is 4.44. The molecule has 0 saturated carbocycles. The maximum atomic E-state index is 12.1. The lowest BCUT2D eigenvalue weighted by atomic mass is 10.2. The smallest absolute Gasteiger partial charge is 0.338 e. The monoisotopic (exact) mass is 349 g/mol. The van der Waals surface area contributed by atoms with E-state index in [0.717, 1.165) is 5.56 Å². The first-order valence-electron chi connectivity index (χ1n) is 6.87. The minimum absolute atomic E-state index is 0.165. The van der Waals surface area contributed by atoms with E-state index in [2.05, 4.69) is 5.32 Å². The van der Waals surface area contributed by atoms with Gasteiger partial charge in [-0.05, 0) is 36.8 Å². The Balaban J connectivity index is 2.01. The van der Waals surface area contributed by atoms with Crippen LogP contribution in [0.5, 0.6) is 0 Å². The van der Waals surface area contributed by atoms with Crippen molar-refractivity contribution in [1.29, 1.82) is 0 Å². The molecule has 2 aromatic carbocycles. The Morgan fingerprint density at radius 1 is 1.22 bits per heavy atom. The van der Waals surface area contributed by atoms with Crippen molar-refractivity contribution in [1.82, 2.24) is 0 Å². The lowest BCUT2D eigenvalue weighted by Gasteiger charge is -2.09. The molecule has 4 nitrogen and oxygen atoms in total. The second kappa shape index (κ2) is 8.04. The number of amides is 1. The number of carbonyl (C=O) groups excluding carboxylic acids is 2. The van der Waals surface area contributed by atoms with Crippen LogP contribution in [0.1, 0.15) is 15.9 Å². The molecule has 0 aliphatic carbocycles. The Labute approximate surface area is 144 Å². The van der Waals surface area contributed by atoms with E-state index in [1.807, 2.05) is 19.1 Å². The minimum Gasteiger partial charge on any atom is -0.465 e. The third kappa shape index (κ3) is 4.74. The highest BCUT2D eigenvalue weighted by atomic mass is 35.5. The maximum Gasteiger partial charge on any atom is 0.338 e. The van der Waals surface area contributed by atoms with Gasteiger partial charge in [0, 0.05) is 4.90 Å². The number of hydrogen-bond donors (Lipinski definition) is 1. The van der Waals surface area contributed by atoms with Gasteiger partial charge < -0.3 is 10.1 Å². The second-order valence-corrected chi connectivity index (χ2v) is 6.23. The van der Waals surface area contributed by atoms with Crippen LogP contribution < -0.4 is 5.32 Å². The van der Waals surface area contributed by atoms with Gasteiger partial charge >= 0.3 is 5.97 Å². The topological polar surface area (TPSA) is 55.4 Å². The summed E-state index contributed by atoms with van der Waals surface area (Å²) < 4.78 is 4.74. The summed E-state index contributed by atoms with van der Waals surface area (Å²) in [5.74, 6) is -0.450. The summed E-state index contributed by atoms with van der Waals surface area (Å²) >= 11 is 7.36. The zero-order valence-corrected chi connectivity index (χ0v) is 14.3.